The van der Waals surface area contributed by atoms with E-state index in [1.54, 1.807) is 0 Å². The Balaban J connectivity index is 0. The number of hydrogen-bond acceptors (Lipinski definition) is 2. The maximum atomic E-state index is 9.99. The van der Waals surface area contributed by atoms with Gasteiger partial charge in [0.2, 0.25) is 0 Å². The predicted molar refractivity (Wildman–Crippen MR) is 378 cm³/mol. The Kier molecular flexibility index (Phi) is 70.1. The quantitative estimate of drug-likeness (QED) is 0.0132. The molecule has 0 aromatic heterocycles. The number of rotatable bonds is 56. The summed E-state index contributed by atoms with van der Waals surface area (Å²) in [5, 5.41) is 14.0. The summed E-state index contributed by atoms with van der Waals surface area (Å²) in [5.41, 5.74) is 18.8. The van der Waals surface area contributed by atoms with Gasteiger partial charge in [0, 0.05) is 56.4 Å². The Morgan fingerprint density at radius 3 is 0.849 bits per heavy atom. The van der Waals surface area contributed by atoms with Crippen LogP contribution >= 0.6 is 0 Å². The van der Waals surface area contributed by atoms with Gasteiger partial charge in [0.15, 0.2) is 0 Å². The van der Waals surface area contributed by atoms with Gasteiger partial charge in [0.1, 0.15) is 0 Å². The van der Waals surface area contributed by atoms with Crippen molar-refractivity contribution in [2.45, 2.75) is 381 Å². The zero-order valence-corrected chi connectivity index (χ0v) is 58.6. The fourth-order valence-electron chi connectivity index (χ4n) is 12.1. The molecule has 494 valence electrons. The number of benzene rings is 2. The molecule has 0 fully saturated rings. The van der Waals surface area contributed by atoms with Crippen molar-refractivity contribution in [1.29, 1.82) is 0 Å². The van der Waals surface area contributed by atoms with Crippen LogP contribution in [0.5, 0.6) is 0 Å². The molecule has 5 heteroatoms. The van der Waals surface area contributed by atoms with Crippen molar-refractivity contribution >= 4 is 11.4 Å². The standard InChI is InChI=1S/C79H130N2.2CH4O.Ni/c1-5-9-13-15-17-19-21-23-25-27-29-31-33-35-37-39-41-43-45-47-49-51-53-55-57-59-66-74-68-61-63-71-77(74)79(78(69-12-8-4)75(72-81-80)64-11-7-3)76-70-62-60-67-73(76)65-58-56-54-52-50-48-46-44-42-40-38-36-34-32-30-28-26-24-22-20-18-16-14-10-6-2;2*1-2;/h60-63,67-68,70-71H,5-53,58-59,64-66,69H2,1-4H3;2*2H,1H3;. The monoisotopic (exact) mass is 1230 g/mol. The van der Waals surface area contributed by atoms with Crippen LogP contribution in [0.15, 0.2) is 59.7 Å². The van der Waals surface area contributed by atoms with E-state index in [1.165, 1.54) is 309 Å². The Labute approximate surface area is 546 Å². The van der Waals surface area contributed by atoms with Crippen LogP contribution in [0.2, 0.25) is 0 Å². The minimum Gasteiger partial charge on any atom is -0.400 e. The van der Waals surface area contributed by atoms with Crippen molar-refractivity contribution in [1.82, 2.24) is 0 Å². The van der Waals surface area contributed by atoms with E-state index in [0.717, 1.165) is 96.8 Å². The molecule has 2 rings (SSSR count). The van der Waals surface area contributed by atoms with E-state index in [2.05, 4.69) is 111 Å². The number of aliphatic hydroxyl groups excluding tert-OH is 2. The maximum absolute atomic E-state index is 9.99. The van der Waals surface area contributed by atoms with E-state index >= 15 is 0 Å². The number of unbranched alkanes of at least 4 members (excludes halogenated alkanes) is 45. The summed E-state index contributed by atoms with van der Waals surface area (Å²) in [6.45, 7) is 9.13. The smallest absolute Gasteiger partial charge is 0.303 e. The molecule has 0 aliphatic rings. The van der Waals surface area contributed by atoms with Crippen LogP contribution < -0.4 is 0 Å². The Morgan fingerprint density at radius 2 is 0.570 bits per heavy atom. The summed E-state index contributed by atoms with van der Waals surface area (Å²) in [7, 11) is 2.00. The van der Waals surface area contributed by atoms with Gasteiger partial charge in [-0.3, -0.25) is 0 Å². The molecule has 0 unspecified atom stereocenters. The molecule has 0 heterocycles. The first-order valence-corrected chi connectivity index (χ1v) is 36.9. The average Bonchev–Trinajstić information content (AvgIpc) is 1.34. The zero-order valence-electron chi connectivity index (χ0n) is 57.6. The second-order valence-corrected chi connectivity index (χ2v) is 24.8. The molecule has 2 N–H and O–H groups in total. The number of hydrogen-bond donors (Lipinski definition) is 2. The van der Waals surface area contributed by atoms with Crippen LogP contribution in [0.4, 0.5) is 0 Å². The number of aliphatic hydroxyl groups is 2. The summed E-state index contributed by atoms with van der Waals surface area (Å²) in [4.78, 5) is 3.56. The first kappa shape index (κ1) is 84.9. The summed E-state index contributed by atoms with van der Waals surface area (Å²) in [6, 6.07) is 18.1. The number of aryl methyl sites for hydroxylation is 2. The van der Waals surface area contributed by atoms with Crippen LogP contribution in [0.3, 0.4) is 0 Å². The Morgan fingerprint density at radius 1 is 0.326 bits per heavy atom. The molecule has 2 aromatic carbocycles. The van der Waals surface area contributed by atoms with Gasteiger partial charge in [0.25, 0.3) is 0 Å². The summed E-state index contributed by atoms with van der Waals surface area (Å²) in [5.74, 6) is 17.4. The van der Waals surface area contributed by atoms with Crippen molar-refractivity contribution in [3.05, 3.63) is 87.5 Å². The van der Waals surface area contributed by atoms with Crippen molar-refractivity contribution in [3.63, 3.8) is 0 Å². The number of allylic oxidation sites excluding steroid dienone is 2. The third-order valence-electron chi connectivity index (χ3n) is 17.3. The van der Waals surface area contributed by atoms with E-state index in [9.17, 15) is 5.53 Å². The normalized spacial score (nSPS) is 10.9. The van der Waals surface area contributed by atoms with Crippen LogP contribution in [-0.4, -0.2) is 35.1 Å². The van der Waals surface area contributed by atoms with Gasteiger partial charge in [-0.2, -0.15) is 0 Å². The number of nitrogens with zero attached hydrogens (tertiary/aromatic N) is 2. The van der Waals surface area contributed by atoms with Crippen LogP contribution in [0.25, 0.3) is 11.1 Å². The molecule has 0 radical (unpaired) electrons. The molecule has 0 saturated heterocycles. The van der Waals surface area contributed by atoms with Crippen LogP contribution in [0, 0.1) is 23.7 Å². The van der Waals surface area contributed by atoms with Gasteiger partial charge >= 0.3 is 5.87 Å². The first-order valence-electron chi connectivity index (χ1n) is 36.9. The molecule has 0 atom stereocenters. The topological polar surface area (TPSA) is 76.9 Å². The van der Waals surface area contributed by atoms with Gasteiger partial charge in [0.05, 0.1) is 5.57 Å². The molecule has 0 bridgehead atoms. The zero-order chi connectivity index (χ0) is 61.8. The molecule has 86 heavy (non-hydrogen) atoms. The van der Waals surface area contributed by atoms with Gasteiger partial charge in [-0.1, -0.05) is 352 Å². The third-order valence-corrected chi connectivity index (χ3v) is 17.3. The van der Waals surface area contributed by atoms with Gasteiger partial charge in [-0.15, -0.1) is 28.5 Å². The SMILES string of the molecule is CCCCCCCCCCCCCCCCCCCCCCCC#CCCc1ccccc1C(=C(CCCC)C(=C=[N+]=[N-])CCCC)c1ccccc1CCC#CCCCCCCCCCCCCCCCCCCCCCCCC.CO.CO.[Ni]. The Hall–Kier alpha value is -3.13. The minimum absolute atomic E-state index is 0. The van der Waals surface area contributed by atoms with Gasteiger partial charge in [-0.25, -0.2) is 0 Å². The molecule has 2 aromatic rings. The molecular weight excluding hydrogens is 1090 g/mol. The maximum Gasteiger partial charge on any atom is 0.303 e. The minimum atomic E-state index is 0. The molecule has 0 aliphatic carbocycles. The summed E-state index contributed by atoms with van der Waals surface area (Å²) < 4.78 is 0. The molecule has 0 spiro atoms. The summed E-state index contributed by atoms with van der Waals surface area (Å²) >= 11 is 0. The summed E-state index contributed by atoms with van der Waals surface area (Å²) in [6.07, 6.45) is 72.6. The second-order valence-electron chi connectivity index (χ2n) is 24.8. The van der Waals surface area contributed by atoms with Crippen molar-refractivity contribution in [2.75, 3.05) is 14.2 Å². The molecular formula is C81H138N2NiO2. The third kappa shape index (κ3) is 50.7. The molecule has 4 nitrogen and oxygen atoms in total. The van der Waals surface area contributed by atoms with E-state index in [-0.39, 0.29) is 16.5 Å². The van der Waals surface area contributed by atoms with Gasteiger partial charge < -0.3 is 15.7 Å². The van der Waals surface area contributed by atoms with E-state index in [1.807, 2.05) is 0 Å². The molecule has 0 aliphatic heterocycles. The van der Waals surface area contributed by atoms with Crippen molar-refractivity contribution in [3.8, 4) is 23.7 Å². The van der Waals surface area contributed by atoms with Crippen LogP contribution in [0.1, 0.15) is 390 Å². The second kappa shape index (κ2) is 71.0. The van der Waals surface area contributed by atoms with Crippen molar-refractivity contribution in [2.24, 2.45) is 0 Å². The average molecular weight is 1230 g/mol. The largest absolute Gasteiger partial charge is 0.400 e. The van der Waals surface area contributed by atoms with Crippen LogP contribution in [-0.2, 0) is 29.3 Å². The van der Waals surface area contributed by atoms with Crippen molar-refractivity contribution < 1.29 is 31.5 Å². The Bertz CT molecular complexity index is 2000. The first-order chi connectivity index (χ1) is 42.2. The molecule has 0 saturated carbocycles. The fourth-order valence-corrected chi connectivity index (χ4v) is 12.1. The van der Waals surface area contributed by atoms with Gasteiger partial charge in [-0.05, 0) is 84.8 Å². The van der Waals surface area contributed by atoms with E-state index < -0.39 is 0 Å². The fraction of sp³-hybridized carbons (Fsp3) is 0.753. The molecule has 0 amide bonds. The predicted octanol–water partition coefficient (Wildman–Crippen LogP) is 25.4. The van der Waals surface area contributed by atoms with E-state index in [4.69, 9.17) is 10.2 Å². The van der Waals surface area contributed by atoms with E-state index in [0.29, 0.717) is 0 Å².